The molecular weight excluding hydrogens is 264 g/mol. The summed E-state index contributed by atoms with van der Waals surface area (Å²) in [5.41, 5.74) is 2.64. The number of hydrogen-bond acceptors (Lipinski definition) is 4. The van der Waals surface area contributed by atoms with Gasteiger partial charge in [0.25, 0.3) is 0 Å². The molecule has 114 valence electrons. The van der Waals surface area contributed by atoms with E-state index in [9.17, 15) is 5.11 Å². The Morgan fingerprint density at radius 2 is 2.00 bits per heavy atom. The van der Waals surface area contributed by atoms with E-state index in [2.05, 4.69) is 27.9 Å². The van der Waals surface area contributed by atoms with Gasteiger partial charge in [-0.15, -0.1) is 0 Å². The zero-order chi connectivity index (χ0) is 15.0. The number of nitrogens with zero attached hydrogens (tertiary/aromatic N) is 4. The summed E-state index contributed by atoms with van der Waals surface area (Å²) in [6.45, 7) is 5.51. The first-order valence-electron chi connectivity index (χ1n) is 7.68. The van der Waals surface area contributed by atoms with Crippen molar-refractivity contribution in [3.63, 3.8) is 0 Å². The minimum Gasteiger partial charge on any atom is -0.389 e. The van der Waals surface area contributed by atoms with Gasteiger partial charge in [0.2, 0.25) is 5.78 Å². The Morgan fingerprint density at radius 3 is 2.71 bits per heavy atom. The van der Waals surface area contributed by atoms with Gasteiger partial charge in [-0.1, -0.05) is 12.8 Å². The maximum atomic E-state index is 10.5. The summed E-state index contributed by atoms with van der Waals surface area (Å²) in [4.78, 5) is 11.2. The van der Waals surface area contributed by atoms with Crippen LogP contribution in [-0.4, -0.2) is 43.6 Å². The molecular formula is C16H24N4O. The number of fused-ring (bicyclic) bond motifs is 1. The molecule has 0 bridgehead atoms. The molecule has 21 heavy (non-hydrogen) atoms. The second-order valence-corrected chi connectivity index (χ2v) is 6.54. The number of likely N-dealkylation sites (N-methyl/N-ethyl adjacent to an activating group) is 1. The number of aryl methyl sites for hydroxylation is 2. The van der Waals surface area contributed by atoms with E-state index in [1.807, 2.05) is 24.6 Å². The molecule has 0 atom stereocenters. The lowest BCUT2D eigenvalue weighted by atomic mass is 10.0. The molecule has 1 N–H and O–H groups in total. The average molecular weight is 288 g/mol. The average Bonchev–Trinajstić information content (AvgIpc) is 2.95. The normalized spacial score (nSPS) is 18.0. The molecule has 0 aliphatic heterocycles. The maximum absolute atomic E-state index is 10.5. The van der Waals surface area contributed by atoms with Crippen molar-refractivity contribution in [1.29, 1.82) is 0 Å². The summed E-state index contributed by atoms with van der Waals surface area (Å²) < 4.78 is 2.03. The molecule has 1 aliphatic carbocycles. The molecule has 2 heterocycles. The van der Waals surface area contributed by atoms with Crippen molar-refractivity contribution < 1.29 is 5.11 Å². The van der Waals surface area contributed by atoms with Crippen LogP contribution in [0.25, 0.3) is 5.78 Å². The third-order valence-electron chi connectivity index (χ3n) is 4.34. The Balaban J connectivity index is 1.74. The fourth-order valence-corrected chi connectivity index (χ4v) is 3.42. The summed E-state index contributed by atoms with van der Waals surface area (Å²) in [5.74, 6) is 0.760. The molecule has 0 amide bonds. The molecule has 3 rings (SSSR count). The van der Waals surface area contributed by atoms with Gasteiger partial charge in [0.05, 0.1) is 11.3 Å². The zero-order valence-electron chi connectivity index (χ0n) is 13.1. The van der Waals surface area contributed by atoms with Crippen LogP contribution in [0.3, 0.4) is 0 Å². The molecule has 1 saturated carbocycles. The lowest BCUT2D eigenvalue weighted by Gasteiger charge is -2.28. The van der Waals surface area contributed by atoms with Gasteiger partial charge in [-0.25, -0.2) is 9.97 Å². The van der Waals surface area contributed by atoms with Crippen LogP contribution in [-0.2, 0) is 6.54 Å². The van der Waals surface area contributed by atoms with Crippen molar-refractivity contribution in [2.75, 3.05) is 13.6 Å². The minimum atomic E-state index is -0.501. The molecule has 0 spiro atoms. The molecule has 0 unspecified atom stereocenters. The molecule has 1 fully saturated rings. The highest BCUT2D eigenvalue weighted by molar-refractivity contribution is 5.34. The van der Waals surface area contributed by atoms with E-state index in [-0.39, 0.29) is 0 Å². The van der Waals surface area contributed by atoms with Crippen molar-refractivity contribution in [1.82, 2.24) is 19.3 Å². The first-order valence-corrected chi connectivity index (χ1v) is 7.68. The predicted molar refractivity (Wildman–Crippen MR) is 82.2 cm³/mol. The van der Waals surface area contributed by atoms with Crippen molar-refractivity contribution in [2.45, 2.75) is 51.7 Å². The molecule has 2 aromatic heterocycles. The van der Waals surface area contributed by atoms with Crippen LogP contribution in [0.15, 0.2) is 12.3 Å². The predicted octanol–water partition coefficient (Wildman–Crippen LogP) is 2.08. The van der Waals surface area contributed by atoms with E-state index >= 15 is 0 Å². The number of aliphatic hydroxyl groups is 1. The standard InChI is InChI=1S/C16H24N4O/c1-12-8-13(2)20-10-14(18-15(20)17-12)9-19(3)11-16(21)6-4-5-7-16/h8,10,21H,4-7,9,11H2,1-3H3. The van der Waals surface area contributed by atoms with Gasteiger partial charge in [0.15, 0.2) is 0 Å². The van der Waals surface area contributed by atoms with Crippen LogP contribution in [0, 0.1) is 13.8 Å². The Bertz CT molecular complexity index is 643. The molecule has 5 nitrogen and oxygen atoms in total. The van der Waals surface area contributed by atoms with Crippen molar-refractivity contribution in [3.05, 3.63) is 29.3 Å². The summed E-state index contributed by atoms with van der Waals surface area (Å²) in [6.07, 6.45) is 6.17. The summed E-state index contributed by atoms with van der Waals surface area (Å²) >= 11 is 0. The van der Waals surface area contributed by atoms with Crippen LogP contribution < -0.4 is 0 Å². The highest BCUT2D eigenvalue weighted by atomic mass is 16.3. The number of aromatic nitrogens is 3. The topological polar surface area (TPSA) is 53.7 Å². The highest BCUT2D eigenvalue weighted by Gasteiger charge is 2.32. The monoisotopic (exact) mass is 288 g/mol. The zero-order valence-corrected chi connectivity index (χ0v) is 13.1. The van der Waals surface area contributed by atoms with Crippen molar-refractivity contribution >= 4 is 5.78 Å². The lowest BCUT2D eigenvalue weighted by Crippen LogP contribution is -2.38. The van der Waals surface area contributed by atoms with Gasteiger partial charge >= 0.3 is 0 Å². The number of hydrogen-bond donors (Lipinski definition) is 1. The van der Waals surface area contributed by atoms with Gasteiger partial charge in [0.1, 0.15) is 0 Å². The van der Waals surface area contributed by atoms with Crippen LogP contribution >= 0.6 is 0 Å². The largest absolute Gasteiger partial charge is 0.389 e. The number of rotatable bonds is 4. The van der Waals surface area contributed by atoms with Crippen molar-refractivity contribution in [2.24, 2.45) is 0 Å². The molecule has 1 aliphatic rings. The van der Waals surface area contributed by atoms with E-state index in [1.54, 1.807) is 0 Å². The second-order valence-electron chi connectivity index (χ2n) is 6.54. The van der Waals surface area contributed by atoms with Crippen LogP contribution in [0.2, 0.25) is 0 Å². The lowest BCUT2D eigenvalue weighted by molar-refractivity contribution is 0.0143. The Hall–Kier alpha value is -1.46. The minimum absolute atomic E-state index is 0.501. The van der Waals surface area contributed by atoms with E-state index < -0.39 is 5.60 Å². The molecule has 2 aromatic rings. The first kappa shape index (κ1) is 14.5. The van der Waals surface area contributed by atoms with Crippen LogP contribution in [0.1, 0.15) is 42.8 Å². The van der Waals surface area contributed by atoms with E-state index in [4.69, 9.17) is 0 Å². The molecule has 0 saturated heterocycles. The molecule has 0 radical (unpaired) electrons. The Labute approximate surface area is 125 Å². The van der Waals surface area contributed by atoms with Gasteiger partial charge < -0.3 is 5.11 Å². The quantitative estimate of drug-likeness (QED) is 0.936. The van der Waals surface area contributed by atoms with E-state index in [1.165, 1.54) is 0 Å². The number of imidazole rings is 1. The first-order chi connectivity index (χ1) is 9.95. The fourth-order valence-electron chi connectivity index (χ4n) is 3.42. The third kappa shape index (κ3) is 3.09. The van der Waals surface area contributed by atoms with Crippen LogP contribution in [0.5, 0.6) is 0 Å². The second kappa shape index (κ2) is 5.39. The van der Waals surface area contributed by atoms with Gasteiger partial charge in [-0.05, 0) is 39.8 Å². The molecule has 0 aromatic carbocycles. The summed E-state index contributed by atoms with van der Waals surface area (Å²) in [7, 11) is 2.05. The summed E-state index contributed by atoms with van der Waals surface area (Å²) in [6, 6.07) is 2.06. The fraction of sp³-hybridized carbons (Fsp3) is 0.625. The summed E-state index contributed by atoms with van der Waals surface area (Å²) in [5, 5.41) is 10.5. The van der Waals surface area contributed by atoms with Gasteiger partial charge in [-0.2, -0.15) is 0 Å². The van der Waals surface area contributed by atoms with Crippen molar-refractivity contribution in [3.8, 4) is 0 Å². The Kier molecular flexibility index (Phi) is 3.71. The van der Waals surface area contributed by atoms with E-state index in [0.717, 1.165) is 55.1 Å². The smallest absolute Gasteiger partial charge is 0.234 e. The maximum Gasteiger partial charge on any atom is 0.234 e. The van der Waals surface area contributed by atoms with E-state index in [0.29, 0.717) is 6.54 Å². The van der Waals surface area contributed by atoms with Gasteiger partial charge in [-0.3, -0.25) is 9.30 Å². The molecule has 5 heteroatoms. The van der Waals surface area contributed by atoms with Crippen LogP contribution in [0.4, 0.5) is 0 Å². The van der Waals surface area contributed by atoms with Gasteiger partial charge in [0, 0.05) is 30.7 Å². The Morgan fingerprint density at radius 1 is 1.29 bits per heavy atom. The SMILES string of the molecule is Cc1cc(C)n2cc(CN(C)CC3(O)CCCC3)nc2n1. The third-order valence-corrected chi connectivity index (χ3v) is 4.34. The highest BCUT2D eigenvalue weighted by Crippen LogP contribution is 2.30.